The molecule has 0 bridgehead atoms. The molecule has 3 aliphatic rings. The van der Waals surface area contributed by atoms with Gasteiger partial charge >= 0.3 is 0 Å². The van der Waals surface area contributed by atoms with E-state index in [9.17, 15) is 9.59 Å². The monoisotopic (exact) mass is 388 g/mol. The van der Waals surface area contributed by atoms with E-state index in [1.54, 1.807) is 24.3 Å². The molecule has 4 rings (SSSR count). The number of carbonyl (C=O) groups excluding carboxylic acids is 2. The van der Waals surface area contributed by atoms with Crippen molar-refractivity contribution in [2.24, 2.45) is 11.8 Å². The quantitative estimate of drug-likeness (QED) is 0.754. The molecule has 2 aliphatic heterocycles. The Labute approximate surface area is 166 Å². The second-order valence-electron chi connectivity index (χ2n) is 8.36. The maximum absolute atomic E-state index is 13.2. The zero-order valence-electron chi connectivity index (χ0n) is 15.9. The molecule has 27 heavy (non-hydrogen) atoms. The van der Waals surface area contributed by atoms with Gasteiger partial charge in [-0.1, -0.05) is 24.4 Å². The van der Waals surface area contributed by atoms with Gasteiger partial charge in [-0.3, -0.25) is 9.59 Å². The van der Waals surface area contributed by atoms with E-state index in [0.717, 1.165) is 31.7 Å². The van der Waals surface area contributed by atoms with Crippen LogP contribution in [0.2, 0.25) is 5.02 Å². The number of piperidine rings is 2. The lowest BCUT2D eigenvalue weighted by Gasteiger charge is -2.46. The van der Waals surface area contributed by atoms with Crippen molar-refractivity contribution in [1.82, 2.24) is 9.80 Å². The molecule has 1 aromatic rings. The van der Waals surface area contributed by atoms with Gasteiger partial charge in [-0.15, -0.1) is 0 Å². The van der Waals surface area contributed by atoms with Crippen molar-refractivity contribution in [2.75, 3.05) is 19.6 Å². The molecule has 2 saturated heterocycles. The van der Waals surface area contributed by atoms with Crippen molar-refractivity contribution < 1.29 is 9.59 Å². The Kier molecular flexibility index (Phi) is 5.72. The summed E-state index contributed by atoms with van der Waals surface area (Å²) in [5.74, 6) is 1.20. The Morgan fingerprint density at radius 1 is 0.852 bits per heavy atom. The average Bonchev–Trinajstić information content (AvgIpc) is 2.73. The molecule has 0 spiro atoms. The van der Waals surface area contributed by atoms with Crippen LogP contribution in [0.1, 0.15) is 61.7 Å². The van der Waals surface area contributed by atoms with E-state index in [1.165, 1.54) is 32.1 Å². The molecule has 0 radical (unpaired) electrons. The highest BCUT2D eigenvalue weighted by Crippen LogP contribution is 2.36. The van der Waals surface area contributed by atoms with Crippen LogP contribution in [-0.2, 0) is 4.79 Å². The molecule has 0 unspecified atom stereocenters. The van der Waals surface area contributed by atoms with E-state index in [0.29, 0.717) is 35.6 Å². The third-order valence-corrected chi connectivity index (χ3v) is 7.00. The van der Waals surface area contributed by atoms with Gasteiger partial charge in [0.05, 0.1) is 0 Å². The van der Waals surface area contributed by atoms with E-state index >= 15 is 0 Å². The Morgan fingerprint density at radius 3 is 2.26 bits per heavy atom. The summed E-state index contributed by atoms with van der Waals surface area (Å²) in [7, 11) is 0. The summed E-state index contributed by atoms with van der Waals surface area (Å²) in [4.78, 5) is 30.0. The Balaban J connectivity index is 1.35. The number of fused-ring (bicyclic) bond motifs is 1. The predicted octanol–water partition coefficient (Wildman–Crippen LogP) is 4.37. The van der Waals surface area contributed by atoms with Crippen LogP contribution in [0, 0.1) is 11.8 Å². The molecule has 1 aliphatic carbocycles. The van der Waals surface area contributed by atoms with Crippen LogP contribution in [0.4, 0.5) is 0 Å². The van der Waals surface area contributed by atoms with Gasteiger partial charge in [0.2, 0.25) is 5.91 Å². The highest BCUT2D eigenvalue weighted by Gasteiger charge is 2.39. The average molecular weight is 389 g/mol. The van der Waals surface area contributed by atoms with Gasteiger partial charge in [0.1, 0.15) is 0 Å². The number of benzene rings is 1. The minimum atomic E-state index is 0.0443. The van der Waals surface area contributed by atoms with Crippen molar-refractivity contribution in [3.8, 4) is 0 Å². The fourth-order valence-corrected chi connectivity index (χ4v) is 5.36. The second-order valence-corrected chi connectivity index (χ2v) is 8.80. The molecule has 2 amide bonds. The highest BCUT2D eigenvalue weighted by molar-refractivity contribution is 6.30. The lowest BCUT2D eigenvalue weighted by Crippen LogP contribution is -2.53. The van der Waals surface area contributed by atoms with Gasteiger partial charge in [-0.25, -0.2) is 0 Å². The lowest BCUT2D eigenvalue weighted by atomic mass is 9.77. The number of carbonyl (C=O) groups is 2. The van der Waals surface area contributed by atoms with Gasteiger partial charge in [0.25, 0.3) is 5.91 Å². The summed E-state index contributed by atoms with van der Waals surface area (Å²) >= 11 is 5.91. The molecule has 2 atom stereocenters. The predicted molar refractivity (Wildman–Crippen MR) is 107 cm³/mol. The molecule has 0 aromatic heterocycles. The minimum absolute atomic E-state index is 0.0443. The van der Waals surface area contributed by atoms with Gasteiger partial charge in [-0.2, -0.15) is 0 Å². The van der Waals surface area contributed by atoms with E-state index in [2.05, 4.69) is 4.90 Å². The molecular weight excluding hydrogens is 360 g/mol. The zero-order valence-corrected chi connectivity index (χ0v) is 16.7. The maximum Gasteiger partial charge on any atom is 0.253 e. The Bertz CT molecular complexity index is 680. The molecule has 0 N–H and O–H groups in total. The molecule has 2 heterocycles. The number of nitrogens with zero attached hydrogens (tertiary/aromatic N) is 2. The number of amides is 2. The van der Waals surface area contributed by atoms with Crippen molar-refractivity contribution in [1.29, 1.82) is 0 Å². The smallest absolute Gasteiger partial charge is 0.253 e. The molecule has 4 nitrogen and oxygen atoms in total. The standard InChI is InChI=1S/C22H29ClN2O2/c23-19-9-7-17(8-10-19)21(26)24-14-11-18(12-15-24)22(27)25-13-3-5-16-4-1-2-6-20(16)25/h7-10,16,18,20H,1-6,11-15H2/t16-,20-/m1/s1. The van der Waals surface area contributed by atoms with Crippen LogP contribution in [0.15, 0.2) is 24.3 Å². The summed E-state index contributed by atoms with van der Waals surface area (Å²) in [5.41, 5.74) is 0.672. The molecule has 146 valence electrons. The van der Waals surface area contributed by atoms with E-state index < -0.39 is 0 Å². The largest absolute Gasteiger partial charge is 0.339 e. The molecule has 3 fully saturated rings. The van der Waals surface area contributed by atoms with Crippen molar-refractivity contribution in [2.45, 2.75) is 57.4 Å². The number of rotatable bonds is 2. The second kappa shape index (κ2) is 8.22. The third kappa shape index (κ3) is 4.01. The van der Waals surface area contributed by atoms with Crippen LogP contribution < -0.4 is 0 Å². The number of hydrogen-bond donors (Lipinski definition) is 0. The van der Waals surface area contributed by atoms with Crippen molar-refractivity contribution in [3.63, 3.8) is 0 Å². The maximum atomic E-state index is 13.2. The summed E-state index contributed by atoms with van der Waals surface area (Å²) in [6.45, 7) is 2.27. The summed E-state index contributed by atoms with van der Waals surface area (Å²) in [6.07, 6.45) is 9.08. The number of hydrogen-bond acceptors (Lipinski definition) is 2. The minimum Gasteiger partial charge on any atom is -0.339 e. The zero-order chi connectivity index (χ0) is 18.8. The first-order valence-corrected chi connectivity index (χ1v) is 10.9. The van der Waals surface area contributed by atoms with Crippen molar-refractivity contribution >= 4 is 23.4 Å². The first-order valence-electron chi connectivity index (χ1n) is 10.5. The van der Waals surface area contributed by atoms with E-state index in [-0.39, 0.29) is 11.8 Å². The lowest BCUT2D eigenvalue weighted by molar-refractivity contribution is -0.143. The molecule has 1 saturated carbocycles. The number of halogens is 1. The van der Waals surface area contributed by atoms with E-state index in [4.69, 9.17) is 11.6 Å². The molecular formula is C22H29ClN2O2. The van der Waals surface area contributed by atoms with Crippen LogP contribution in [0.5, 0.6) is 0 Å². The summed E-state index contributed by atoms with van der Waals surface area (Å²) < 4.78 is 0. The van der Waals surface area contributed by atoms with Gasteiger partial charge in [0, 0.05) is 42.2 Å². The normalized spacial score (nSPS) is 26.6. The molecule has 1 aromatic carbocycles. The SMILES string of the molecule is O=C(c1ccc(Cl)cc1)N1CCC(C(=O)N2CCC[C@H]3CCCC[C@H]32)CC1. The van der Waals surface area contributed by atoms with Gasteiger partial charge < -0.3 is 9.80 Å². The Morgan fingerprint density at radius 2 is 1.52 bits per heavy atom. The molecule has 5 heteroatoms. The first kappa shape index (κ1) is 18.8. The summed E-state index contributed by atoms with van der Waals surface area (Å²) in [5, 5.41) is 0.637. The number of likely N-dealkylation sites (tertiary alicyclic amines) is 2. The Hall–Kier alpha value is -1.55. The van der Waals surface area contributed by atoms with Gasteiger partial charge in [0.15, 0.2) is 0 Å². The van der Waals surface area contributed by atoms with Gasteiger partial charge in [-0.05, 0) is 68.7 Å². The highest BCUT2D eigenvalue weighted by atomic mass is 35.5. The topological polar surface area (TPSA) is 40.6 Å². The van der Waals surface area contributed by atoms with E-state index in [1.807, 2.05) is 4.90 Å². The van der Waals surface area contributed by atoms with Crippen LogP contribution in [0.25, 0.3) is 0 Å². The fraction of sp³-hybridized carbons (Fsp3) is 0.636. The first-order chi connectivity index (χ1) is 13.1. The third-order valence-electron chi connectivity index (χ3n) is 6.75. The van der Waals surface area contributed by atoms with Crippen LogP contribution in [0.3, 0.4) is 0 Å². The van der Waals surface area contributed by atoms with Crippen LogP contribution in [-0.4, -0.2) is 47.3 Å². The van der Waals surface area contributed by atoms with Crippen LogP contribution >= 0.6 is 11.6 Å². The summed E-state index contributed by atoms with van der Waals surface area (Å²) in [6, 6.07) is 7.54. The fourth-order valence-electron chi connectivity index (χ4n) is 5.24. The van der Waals surface area contributed by atoms with Crippen molar-refractivity contribution in [3.05, 3.63) is 34.9 Å².